The molecule has 1 aromatic heterocycles. The fourth-order valence-corrected chi connectivity index (χ4v) is 2.68. The Hall–Kier alpha value is -3.35. The van der Waals surface area contributed by atoms with Crippen LogP contribution < -0.4 is 10.1 Å². The van der Waals surface area contributed by atoms with Crippen LogP contribution in [0.2, 0.25) is 0 Å². The summed E-state index contributed by atoms with van der Waals surface area (Å²) in [6, 6.07) is 12.3. The first-order chi connectivity index (χ1) is 12.0. The number of imidazole rings is 1. The van der Waals surface area contributed by atoms with Crippen molar-refractivity contribution in [2.75, 3.05) is 14.2 Å². The summed E-state index contributed by atoms with van der Waals surface area (Å²) in [6.45, 7) is 0.381. The van der Waals surface area contributed by atoms with Crippen molar-refractivity contribution in [1.82, 2.24) is 14.9 Å². The summed E-state index contributed by atoms with van der Waals surface area (Å²) in [5, 5.41) is 11.9. The number of hydrogen-bond acceptors (Lipinski definition) is 4. The Morgan fingerprint density at radius 2 is 1.92 bits per heavy atom. The van der Waals surface area contributed by atoms with Gasteiger partial charge in [-0.05, 0) is 29.8 Å². The van der Waals surface area contributed by atoms with Gasteiger partial charge in [0.05, 0.1) is 18.2 Å². The molecule has 0 unspecified atom stereocenters. The van der Waals surface area contributed by atoms with Gasteiger partial charge in [-0.2, -0.15) is 0 Å². The lowest BCUT2D eigenvalue weighted by atomic mass is 10.1. The van der Waals surface area contributed by atoms with Crippen LogP contribution in [0.1, 0.15) is 26.5 Å². The molecular weight excluding hydrogens is 322 g/mol. The van der Waals surface area contributed by atoms with Crippen molar-refractivity contribution >= 4 is 22.9 Å². The Labute approximate surface area is 143 Å². The average Bonchev–Trinajstić information content (AvgIpc) is 3.00. The van der Waals surface area contributed by atoms with Crippen molar-refractivity contribution in [3.8, 4) is 5.75 Å². The predicted molar refractivity (Wildman–Crippen MR) is 92.2 cm³/mol. The number of carbonyl (C=O) groups excluding carboxylic acids is 1. The second-order valence-corrected chi connectivity index (χ2v) is 5.43. The summed E-state index contributed by atoms with van der Waals surface area (Å²) in [7, 11) is 3.10. The minimum Gasteiger partial charge on any atom is -0.497 e. The van der Waals surface area contributed by atoms with Crippen molar-refractivity contribution in [3.05, 3.63) is 59.4 Å². The van der Waals surface area contributed by atoms with Gasteiger partial charge >= 0.3 is 5.97 Å². The third-order valence-electron chi connectivity index (χ3n) is 3.94. The number of amides is 1. The van der Waals surface area contributed by atoms with Gasteiger partial charge in [-0.15, -0.1) is 0 Å². The lowest BCUT2D eigenvalue weighted by Crippen LogP contribution is -2.23. The third kappa shape index (κ3) is 3.03. The van der Waals surface area contributed by atoms with Gasteiger partial charge in [-0.1, -0.05) is 18.2 Å². The van der Waals surface area contributed by atoms with Gasteiger partial charge in [0.25, 0.3) is 5.91 Å². The largest absolute Gasteiger partial charge is 0.497 e. The zero-order chi connectivity index (χ0) is 18.0. The van der Waals surface area contributed by atoms with Crippen molar-refractivity contribution in [1.29, 1.82) is 0 Å². The summed E-state index contributed by atoms with van der Waals surface area (Å²) in [4.78, 5) is 27.9. The van der Waals surface area contributed by atoms with Gasteiger partial charge in [0.2, 0.25) is 0 Å². The van der Waals surface area contributed by atoms with Crippen LogP contribution in [0.3, 0.4) is 0 Å². The molecule has 2 aromatic carbocycles. The first-order valence-electron chi connectivity index (χ1n) is 7.62. The first kappa shape index (κ1) is 16.5. The Kier molecular flexibility index (Phi) is 4.38. The van der Waals surface area contributed by atoms with E-state index in [0.29, 0.717) is 17.6 Å². The molecule has 0 saturated heterocycles. The van der Waals surface area contributed by atoms with E-state index < -0.39 is 5.97 Å². The van der Waals surface area contributed by atoms with Crippen LogP contribution in [0.25, 0.3) is 11.0 Å². The quantitative estimate of drug-likeness (QED) is 0.743. The molecule has 0 radical (unpaired) electrons. The van der Waals surface area contributed by atoms with E-state index in [1.807, 2.05) is 24.3 Å². The molecule has 7 heteroatoms. The summed E-state index contributed by atoms with van der Waals surface area (Å²) < 4.78 is 6.86. The molecule has 0 saturated carbocycles. The standard InChI is InChI=1S/C18H17N3O4/c1-19-17(22)16-20-15-13(18(23)24)4-3-5-14(15)21(16)10-11-6-8-12(25-2)9-7-11/h3-9H,10H2,1-2H3,(H,19,22)(H,23,24). The second kappa shape index (κ2) is 6.64. The molecule has 0 aliphatic heterocycles. The van der Waals surface area contributed by atoms with E-state index >= 15 is 0 Å². The molecule has 0 fully saturated rings. The van der Waals surface area contributed by atoms with E-state index in [2.05, 4.69) is 10.3 Å². The zero-order valence-corrected chi connectivity index (χ0v) is 13.8. The summed E-state index contributed by atoms with van der Waals surface area (Å²) in [5.74, 6) is -0.551. The van der Waals surface area contributed by atoms with Gasteiger partial charge in [0.15, 0.2) is 5.82 Å². The Bertz CT molecular complexity index is 945. The Morgan fingerprint density at radius 1 is 1.20 bits per heavy atom. The number of rotatable bonds is 5. The molecule has 0 aliphatic rings. The highest BCUT2D eigenvalue weighted by atomic mass is 16.5. The van der Waals surface area contributed by atoms with E-state index in [1.54, 1.807) is 23.8 Å². The Morgan fingerprint density at radius 3 is 2.52 bits per heavy atom. The number of carboxylic acid groups (broad SMARTS) is 1. The van der Waals surface area contributed by atoms with Crippen LogP contribution >= 0.6 is 0 Å². The lowest BCUT2D eigenvalue weighted by molar-refractivity contribution is 0.0698. The number of fused-ring (bicyclic) bond motifs is 1. The number of carboxylic acids is 1. The van der Waals surface area contributed by atoms with Crippen LogP contribution in [-0.2, 0) is 6.54 Å². The molecule has 3 rings (SSSR count). The second-order valence-electron chi connectivity index (χ2n) is 5.43. The smallest absolute Gasteiger partial charge is 0.337 e. The number of aromatic carboxylic acids is 1. The SMILES string of the molecule is CNC(=O)c1nc2c(C(=O)O)cccc2n1Cc1ccc(OC)cc1. The molecule has 0 aliphatic carbocycles. The first-order valence-corrected chi connectivity index (χ1v) is 7.62. The number of para-hydroxylation sites is 1. The maximum absolute atomic E-state index is 12.2. The molecule has 0 atom stereocenters. The highest BCUT2D eigenvalue weighted by Gasteiger charge is 2.20. The number of ether oxygens (including phenoxy) is 1. The number of hydrogen-bond donors (Lipinski definition) is 2. The third-order valence-corrected chi connectivity index (χ3v) is 3.94. The minimum absolute atomic E-state index is 0.0659. The van der Waals surface area contributed by atoms with Gasteiger partial charge in [-0.3, -0.25) is 4.79 Å². The van der Waals surface area contributed by atoms with Crippen molar-refractivity contribution in [2.24, 2.45) is 0 Å². The predicted octanol–water partition coefficient (Wildman–Crippen LogP) is 2.15. The monoisotopic (exact) mass is 339 g/mol. The van der Waals surface area contributed by atoms with E-state index in [9.17, 15) is 14.7 Å². The topological polar surface area (TPSA) is 93.5 Å². The van der Waals surface area contributed by atoms with Crippen LogP contribution in [-0.4, -0.2) is 40.7 Å². The maximum atomic E-state index is 12.2. The fourth-order valence-electron chi connectivity index (χ4n) is 2.68. The molecule has 0 bridgehead atoms. The lowest BCUT2D eigenvalue weighted by Gasteiger charge is -2.09. The fraction of sp³-hybridized carbons (Fsp3) is 0.167. The summed E-state index contributed by atoms with van der Waals surface area (Å²) in [5.41, 5.74) is 1.89. The molecule has 7 nitrogen and oxygen atoms in total. The molecule has 1 heterocycles. The molecule has 2 N–H and O–H groups in total. The average molecular weight is 339 g/mol. The van der Waals surface area contributed by atoms with Crippen LogP contribution in [0, 0.1) is 0 Å². The number of methoxy groups -OCH3 is 1. The van der Waals surface area contributed by atoms with Gasteiger partial charge in [0, 0.05) is 13.6 Å². The van der Waals surface area contributed by atoms with Gasteiger partial charge < -0.3 is 19.7 Å². The van der Waals surface area contributed by atoms with Crippen LogP contribution in [0.4, 0.5) is 0 Å². The van der Waals surface area contributed by atoms with Crippen LogP contribution in [0.15, 0.2) is 42.5 Å². The van der Waals surface area contributed by atoms with Crippen molar-refractivity contribution in [3.63, 3.8) is 0 Å². The molecule has 25 heavy (non-hydrogen) atoms. The molecule has 1 amide bonds. The highest BCUT2D eigenvalue weighted by Crippen LogP contribution is 2.22. The zero-order valence-electron chi connectivity index (χ0n) is 13.8. The molecule has 3 aromatic rings. The van der Waals surface area contributed by atoms with E-state index in [0.717, 1.165) is 11.3 Å². The van der Waals surface area contributed by atoms with Crippen molar-refractivity contribution < 1.29 is 19.4 Å². The number of carbonyl (C=O) groups is 2. The Balaban J connectivity index is 2.15. The molecule has 128 valence electrons. The highest BCUT2D eigenvalue weighted by molar-refractivity contribution is 6.03. The van der Waals surface area contributed by atoms with Crippen LogP contribution in [0.5, 0.6) is 5.75 Å². The number of benzene rings is 2. The van der Waals surface area contributed by atoms with Gasteiger partial charge in [0.1, 0.15) is 11.3 Å². The maximum Gasteiger partial charge on any atom is 0.337 e. The minimum atomic E-state index is -1.08. The summed E-state index contributed by atoms with van der Waals surface area (Å²) in [6.07, 6.45) is 0. The van der Waals surface area contributed by atoms with E-state index in [-0.39, 0.29) is 17.3 Å². The summed E-state index contributed by atoms with van der Waals surface area (Å²) >= 11 is 0. The van der Waals surface area contributed by atoms with Gasteiger partial charge in [-0.25, -0.2) is 9.78 Å². The number of aromatic nitrogens is 2. The number of nitrogens with one attached hydrogen (secondary N) is 1. The van der Waals surface area contributed by atoms with E-state index in [1.165, 1.54) is 13.1 Å². The van der Waals surface area contributed by atoms with Crippen molar-refractivity contribution in [2.45, 2.75) is 6.54 Å². The normalized spacial score (nSPS) is 10.6. The molecule has 0 spiro atoms. The number of nitrogens with zero attached hydrogens (tertiary/aromatic N) is 2. The molecular formula is C18H17N3O4. The van der Waals surface area contributed by atoms with E-state index in [4.69, 9.17) is 4.74 Å².